The van der Waals surface area contributed by atoms with Crippen LogP contribution in [-0.2, 0) is 10.1 Å². The number of nitrogens with zero attached hydrogens (tertiary/aromatic N) is 1. The Labute approximate surface area is 111 Å². The van der Waals surface area contributed by atoms with Gasteiger partial charge in [-0.25, -0.2) is 8.42 Å². The van der Waals surface area contributed by atoms with Gasteiger partial charge in [-0.1, -0.05) is 17.7 Å². The summed E-state index contributed by atoms with van der Waals surface area (Å²) < 4.78 is 32.3. The van der Waals surface area contributed by atoms with Crippen molar-refractivity contribution >= 4 is 10.1 Å². The number of aryl methyl sites for hydroxylation is 1. The minimum Gasteiger partial charge on any atom is -0.744 e. The van der Waals surface area contributed by atoms with Crippen LogP contribution in [0.1, 0.15) is 19.4 Å². The van der Waals surface area contributed by atoms with E-state index in [9.17, 15) is 13.0 Å². The Hall–Kier alpha value is -0.910. The van der Waals surface area contributed by atoms with E-state index >= 15 is 0 Å². The van der Waals surface area contributed by atoms with E-state index in [0.29, 0.717) is 0 Å². The van der Waals surface area contributed by atoms with Gasteiger partial charge in [0.1, 0.15) is 10.1 Å². The average Bonchev–Trinajstić information content (AvgIpc) is 2.29. The SMILES string of the molecule is CC[N+](C)(C)CC.Cc1ccc(S(=O)(=O)[O-])cc1. The van der Waals surface area contributed by atoms with Crippen molar-refractivity contribution in [3.63, 3.8) is 0 Å². The molecule has 4 nitrogen and oxygen atoms in total. The van der Waals surface area contributed by atoms with Crippen LogP contribution < -0.4 is 0 Å². The maximum Gasteiger partial charge on any atom is 0.124 e. The fourth-order valence-electron chi connectivity index (χ4n) is 0.929. The molecule has 0 saturated carbocycles. The van der Waals surface area contributed by atoms with Gasteiger partial charge in [-0.3, -0.25) is 0 Å². The molecule has 5 heteroatoms. The van der Waals surface area contributed by atoms with Gasteiger partial charge in [-0.2, -0.15) is 0 Å². The highest BCUT2D eigenvalue weighted by Crippen LogP contribution is 2.08. The van der Waals surface area contributed by atoms with Gasteiger partial charge in [0.2, 0.25) is 0 Å². The van der Waals surface area contributed by atoms with Crippen molar-refractivity contribution in [2.75, 3.05) is 27.2 Å². The molecule has 0 radical (unpaired) electrons. The highest BCUT2D eigenvalue weighted by Gasteiger charge is 2.04. The second-order valence-electron chi connectivity index (χ2n) is 4.84. The van der Waals surface area contributed by atoms with Crippen molar-refractivity contribution in [2.45, 2.75) is 25.7 Å². The minimum atomic E-state index is -4.27. The zero-order valence-electron chi connectivity index (χ0n) is 11.8. The number of benzene rings is 1. The summed E-state index contributed by atoms with van der Waals surface area (Å²) in [7, 11) is 0.203. The Balaban J connectivity index is 0.000000360. The normalized spacial score (nSPS) is 11.7. The van der Waals surface area contributed by atoms with Crippen molar-refractivity contribution in [3.05, 3.63) is 29.8 Å². The lowest BCUT2D eigenvalue weighted by Crippen LogP contribution is -2.38. The van der Waals surface area contributed by atoms with E-state index in [0.717, 1.165) is 10.0 Å². The third-order valence-corrected chi connectivity index (χ3v) is 3.87. The van der Waals surface area contributed by atoms with Gasteiger partial charge >= 0.3 is 0 Å². The molecule has 0 aromatic heterocycles. The van der Waals surface area contributed by atoms with E-state index in [4.69, 9.17) is 0 Å². The highest BCUT2D eigenvalue weighted by molar-refractivity contribution is 7.85. The van der Waals surface area contributed by atoms with Gasteiger partial charge in [0, 0.05) is 0 Å². The van der Waals surface area contributed by atoms with Crippen molar-refractivity contribution in [3.8, 4) is 0 Å². The Kier molecular flexibility index (Phi) is 6.52. The van der Waals surface area contributed by atoms with E-state index in [-0.39, 0.29) is 4.90 Å². The van der Waals surface area contributed by atoms with Crippen LogP contribution in [0.3, 0.4) is 0 Å². The third kappa shape index (κ3) is 6.74. The number of hydrogen-bond acceptors (Lipinski definition) is 3. The highest BCUT2D eigenvalue weighted by atomic mass is 32.2. The lowest BCUT2D eigenvalue weighted by molar-refractivity contribution is -0.886. The molecule has 0 unspecified atom stereocenters. The molecule has 0 N–H and O–H groups in total. The fraction of sp³-hybridized carbons (Fsp3) is 0.538. The van der Waals surface area contributed by atoms with Crippen molar-refractivity contribution in [1.29, 1.82) is 0 Å². The molecule has 18 heavy (non-hydrogen) atoms. The Morgan fingerprint density at radius 2 is 1.44 bits per heavy atom. The number of hydrogen-bond donors (Lipinski definition) is 0. The number of quaternary nitrogens is 1. The van der Waals surface area contributed by atoms with Gasteiger partial charge in [0.25, 0.3) is 0 Å². The summed E-state index contributed by atoms with van der Waals surface area (Å²) in [5.41, 5.74) is 0.928. The lowest BCUT2D eigenvalue weighted by atomic mass is 10.2. The van der Waals surface area contributed by atoms with Crippen LogP contribution in [0.15, 0.2) is 29.2 Å². The number of rotatable bonds is 3. The molecule has 0 atom stereocenters. The Morgan fingerprint density at radius 1 is 1.06 bits per heavy atom. The lowest BCUT2D eigenvalue weighted by Gasteiger charge is -2.25. The Bertz CT molecular complexity index is 444. The van der Waals surface area contributed by atoms with Crippen LogP contribution in [0.25, 0.3) is 0 Å². The van der Waals surface area contributed by atoms with E-state index in [2.05, 4.69) is 27.9 Å². The van der Waals surface area contributed by atoms with Gasteiger partial charge in [0.15, 0.2) is 0 Å². The first-order valence-corrected chi connectivity index (χ1v) is 7.37. The largest absolute Gasteiger partial charge is 0.744 e. The molecule has 0 aliphatic rings. The second-order valence-corrected chi connectivity index (χ2v) is 6.22. The van der Waals surface area contributed by atoms with Crippen LogP contribution in [0.2, 0.25) is 0 Å². The second kappa shape index (κ2) is 6.87. The average molecular weight is 273 g/mol. The summed E-state index contributed by atoms with van der Waals surface area (Å²) in [6.07, 6.45) is 0. The topological polar surface area (TPSA) is 57.2 Å². The molecule has 0 saturated heterocycles. The first-order valence-electron chi connectivity index (χ1n) is 5.97. The molecule has 0 aliphatic heterocycles. The van der Waals surface area contributed by atoms with Gasteiger partial charge in [-0.15, -0.1) is 0 Å². The van der Waals surface area contributed by atoms with E-state index in [1.54, 1.807) is 12.1 Å². The predicted molar refractivity (Wildman–Crippen MR) is 72.3 cm³/mol. The summed E-state index contributed by atoms with van der Waals surface area (Å²) in [6.45, 7) is 8.71. The Morgan fingerprint density at radius 3 is 1.67 bits per heavy atom. The van der Waals surface area contributed by atoms with Crippen LogP contribution in [0.5, 0.6) is 0 Å². The van der Waals surface area contributed by atoms with Crippen LogP contribution in [-0.4, -0.2) is 44.6 Å². The molecule has 0 amide bonds. The quantitative estimate of drug-likeness (QED) is 0.625. The predicted octanol–water partition coefficient (Wildman–Crippen LogP) is 2.00. The molecule has 0 spiro atoms. The van der Waals surface area contributed by atoms with E-state index in [1.165, 1.54) is 25.2 Å². The van der Waals surface area contributed by atoms with Crippen molar-refractivity contribution in [2.24, 2.45) is 0 Å². The smallest absolute Gasteiger partial charge is 0.124 e. The van der Waals surface area contributed by atoms with Crippen molar-refractivity contribution < 1.29 is 17.5 Å². The maximum absolute atomic E-state index is 10.4. The fourth-order valence-corrected chi connectivity index (χ4v) is 1.40. The molecule has 0 heterocycles. The first-order chi connectivity index (χ1) is 8.12. The van der Waals surface area contributed by atoms with Crippen LogP contribution in [0.4, 0.5) is 0 Å². The molecule has 0 bridgehead atoms. The zero-order valence-corrected chi connectivity index (χ0v) is 12.6. The van der Waals surface area contributed by atoms with Gasteiger partial charge in [0.05, 0.1) is 32.1 Å². The molecule has 1 rings (SSSR count). The summed E-state index contributed by atoms with van der Waals surface area (Å²) in [5, 5.41) is 0. The monoisotopic (exact) mass is 273 g/mol. The van der Waals surface area contributed by atoms with E-state index < -0.39 is 10.1 Å². The zero-order chi connectivity index (χ0) is 14.4. The van der Waals surface area contributed by atoms with Gasteiger partial charge < -0.3 is 9.04 Å². The molecular weight excluding hydrogens is 250 g/mol. The van der Waals surface area contributed by atoms with E-state index in [1.807, 2.05) is 6.92 Å². The van der Waals surface area contributed by atoms with Crippen LogP contribution in [0, 0.1) is 6.92 Å². The van der Waals surface area contributed by atoms with Crippen molar-refractivity contribution in [1.82, 2.24) is 0 Å². The molecule has 1 aromatic rings. The minimum absolute atomic E-state index is 0.178. The van der Waals surface area contributed by atoms with Crippen LogP contribution >= 0.6 is 0 Å². The van der Waals surface area contributed by atoms with Gasteiger partial charge in [-0.05, 0) is 32.9 Å². The molecular formula is C13H23NO3S. The summed E-state index contributed by atoms with van der Waals surface area (Å²) >= 11 is 0. The molecule has 0 aliphatic carbocycles. The summed E-state index contributed by atoms with van der Waals surface area (Å²) in [5.74, 6) is 0. The first kappa shape index (κ1) is 17.1. The summed E-state index contributed by atoms with van der Waals surface area (Å²) in [4.78, 5) is -0.178. The summed E-state index contributed by atoms with van der Waals surface area (Å²) in [6, 6.07) is 5.78. The maximum atomic E-state index is 10.4. The third-order valence-electron chi connectivity index (χ3n) is 3.02. The molecule has 0 fully saturated rings. The molecule has 1 aromatic carbocycles. The molecule has 104 valence electrons. The standard InChI is InChI=1S/C7H8O3S.C6H16N/c1-6-2-4-7(5-3-6)11(8,9)10;1-5-7(3,4)6-2/h2-5H,1H3,(H,8,9,10);5-6H2,1-4H3/q;+1/p-1.